The van der Waals surface area contributed by atoms with Gasteiger partial charge in [-0.25, -0.2) is 19.3 Å². The van der Waals surface area contributed by atoms with Crippen LogP contribution in [0.1, 0.15) is 107 Å². The van der Waals surface area contributed by atoms with E-state index in [1.165, 1.54) is 70.2 Å². The molecule has 0 bridgehead atoms. The second-order valence-electron chi connectivity index (χ2n) is 13.4. The minimum absolute atomic E-state index is 0.0128. The number of carbonyl (C=O) groups is 4. The Balaban J connectivity index is 1.72. The van der Waals surface area contributed by atoms with Gasteiger partial charge in [-0.3, -0.25) is 29.9 Å². The van der Waals surface area contributed by atoms with Crippen LogP contribution in [0.25, 0.3) is 9.69 Å². The number of imide groups is 1. The number of benzene rings is 2. The second kappa shape index (κ2) is 19.0. The van der Waals surface area contributed by atoms with Crippen molar-refractivity contribution in [2.75, 3.05) is 17.3 Å². The Morgan fingerprint density at radius 2 is 1.61 bits per heavy atom. The summed E-state index contributed by atoms with van der Waals surface area (Å²) in [5, 5.41) is 23.5. The van der Waals surface area contributed by atoms with Crippen LogP contribution in [-0.2, 0) is 14.3 Å². The van der Waals surface area contributed by atoms with Gasteiger partial charge < -0.3 is 24.7 Å². The number of hydrogen-bond donors (Lipinski definition) is 3. The summed E-state index contributed by atoms with van der Waals surface area (Å²) in [5.74, 6) is -5.00. The van der Waals surface area contributed by atoms with Crippen LogP contribution in [0.4, 0.5) is 33.4 Å². The molecule has 1 aliphatic heterocycles. The summed E-state index contributed by atoms with van der Waals surface area (Å²) < 4.78 is 11.8. The minimum atomic E-state index is -2.18. The summed E-state index contributed by atoms with van der Waals surface area (Å²) in [6, 6.07) is 6.16. The Morgan fingerprint density at radius 1 is 0.982 bits per heavy atom. The molecule has 1 aliphatic rings. The monoisotopic (exact) mass is 770 g/mol. The number of aromatic nitrogens is 2. The van der Waals surface area contributed by atoms with Crippen molar-refractivity contribution >= 4 is 52.4 Å². The number of cyclic esters (lactones) is 1. The maximum absolute atomic E-state index is 14.5. The topological polar surface area (TPSA) is 221 Å². The van der Waals surface area contributed by atoms with Gasteiger partial charge in [-0.05, 0) is 50.6 Å². The van der Waals surface area contributed by atoms with E-state index in [2.05, 4.69) is 32.3 Å². The Bertz CT molecular complexity index is 2120. The molecule has 2 aromatic carbocycles. The number of nitro benzene ring substituents is 1. The van der Waals surface area contributed by atoms with Gasteiger partial charge in [-0.1, -0.05) is 71.3 Å². The zero-order valence-electron chi connectivity index (χ0n) is 31.2. The van der Waals surface area contributed by atoms with Crippen LogP contribution in [0.3, 0.4) is 0 Å². The number of aromatic carboxylic acids is 1. The van der Waals surface area contributed by atoms with Crippen LogP contribution in [0, 0.1) is 23.3 Å². The van der Waals surface area contributed by atoms with Crippen molar-refractivity contribution in [2.45, 2.75) is 96.6 Å². The number of carboxylic acids is 1. The van der Waals surface area contributed by atoms with E-state index in [0.717, 1.165) is 43.9 Å². The lowest BCUT2D eigenvalue weighted by Gasteiger charge is -2.25. The number of anilines is 2. The van der Waals surface area contributed by atoms with E-state index in [9.17, 15) is 39.2 Å². The summed E-state index contributed by atoms with van der Waals surface area (Å²) in [5.41, 5.74) is -1.86. The van der Waals surface area contributed by atoms with Gasteiger partial charge in [-0.2, -0.15) is 4.68 Å². The average molecular weight is 771 g/mol. The van der Waals surface area contributed by atoms with Crippen molar-refractivity contribution in [2.24, 2.45) is 0 Å². The van der Waals surface area contributed by atoms with E-state index < -0.39 is 63.3 Å². The van der Waals surface area contributed by atoms with E-state index in [0.29, 0.717) is 16.0 Å². The highest BCUT2D eigenvalue weighted by Gasteiger charge is 2.54. The predicted molar refractivity (Wildman–Crippen MR) is 203 cm³/mol. The molecular formula is C38H42N8O10. The predicted octanol–water partition coefficient (Wildman–Crippen LogP) is 7.56. The second-order valence-corrected chi connectivity index (χ2v) is 13.4. The highest BCUT2D eigenvalue weighted by atomic mass is 16.6. The third kappa shape index (κ3) is 10.0. The molecule has 4 rings (SSSR count). The quantitative estimate of drug-likeness (QED) is 0.0438. The highest BCUT2D eigenvalue weighted by molar-refractivity contribution is 6.08. The lowest BCUT2D eigenvalue weighted by molar-refractivity contribution is -0.384. The minimum Gasteiger partial charge on any atom is -0.491 e. The fraction of sp³-hybridized carbons (Fsp3) is 0.421. The summed E-state index contributed by atoms with van der Waals surface area (Å²) in [4.78, 5) is 88.6. The Hall–Kier alpha value is -6.82. The van der Waals surface area contributed by atoms with Gasteiger partial charge in [0.05, 0.1) is 35.0 Å². The van der Waals surface area contributed by atoms with Gasteiger partial charge in [0.1, 0.15) is 5.75 Å². The SMILES string of the molecule is [C-]#[N+]c1nc(C(C(=O)Nc2cc(C(=O)O)ccc2OCCCCCCCCCCCC)N2C(=O)OC(C)(C)C2=O)n(Nc2ccc([N+](=O)[O-])cc2)c(=O)c1[N+]#[C-]. The third-order valence-electron chi connectivity index (χ3n) is 8.87. The summed E-state index contributed by atoms with van der Waals surface area (Å²) in [6.07, 6.45) is 9.54. The number of ether oxygens (including phenoxy) is 2. The standard InChI is InChI=1S/C38H42N8O10/c1-6-7-8-9-10-11-12-13-14-15-22-55-28-21-16-24(35(49)50)23-27(28)41-33(47)30(44-36(51)38(2,3)56-37(44)52)32-42-31(40-5)29(39-4)34(48)45(32)43-25-17-19-26(20-18-25)46(53)54/h16-21,23,30,43H,6-15,22H2,1-3H3,(H,41,47)(H,49,50). The number of carbonyl (C=O) groups excluding carboxylic acids is 3. The molecule has 1 unspecified atom stereocenters. The number of hydrogen-bond acceptors (Lipinski definition) is 11. The first-order valence-corrected chi connectivity index (χ1v) is 18.0. The molecule has 0 radical (unpaired) electrons. The lowest BCUT2D eigenvalue weighted by Crippen LogP contribution is -2.46. The van der Waals surface area contributed by atoms with Crippen LogP contribution in [0.5, 0.6) is 5.75 Å². The fourth-order valence-corrected chi connectivity index (χ4v) is 5.89. The molecule has 2 heterocycles. The van der Waals surface area contributed by atoms with Gasteiger partial charge >= 0.3 is 12.1 Å². The molecule has 294 valence electrons. The van der Waals surface area contributed by atoms with E-state index >= 15 is 0 Å². The first kappa shape index (κ1) is 41.9. The van der Waals surface area contributed by atoms with Gasteiger partial charge in [0.25, 0.3) is 40.4 Å². The first-order valence-electron chi connectivity index (χ1n) is 18.0. The van der Waals surface area contributed by atoms with Crippen molar-refractivity contribution in [3.8, 4) is 5.75 Å². The number of nitrogens with zero attached hydrogens (tertiary/aromatic N) is 6. The molecule has 3 amide bonds. The maximum Gasteiger partial charge on any atom is 0.418 e. The average Bonchev–Trinajstić information content (AvgIpc) is 3.36. The number of rotatable bonds is 20. The van der Waals surface area contributed by atoms with Crippen LogP contribution in [0.2, 0.25) is 0 Å². The number of non-ortho nitro benzene ring substituents is 1. The Kier molecular flexibility index (Phi) is 14.2. The summed E-state index contributed by atoms with van der Waals surface area (Å²) >= 11 is 0. The molecule has 0 aliphatic carbocycles. The van der Waals surface area contributed by atoms with Gasteiger partial charge in [0, 0.05) is 12.1 Å². The fourth-order valence-electron chi connectivity index (χ4n) is 5.89. The van der Waals surface area contributed by atoms with Gasteiger partial charge in [0.15, 0.2) is 5.60 Å². The van der Waals surface area contributed by atoms with Gasteiger partial charge in [-0.15, -0.1) is 4.98 Å². The molecule has 18 nitrogen and oxygen atoms in total. The summed E-state index contributed by atoms with van der Waals surface area (Å²) in [7, 11) is 0. The number of carboxylic acid groups (broad SMARTS) is 1. The Morgan fingerprint density at radius 3 is 2.14 bits per heavy atom. The van der Waals surface area contributed by atoms with E-state index in [-0.39, 0.29) is 35.0 Å². The summed E-state index contributed by atoms with van der Waals surface area (Å²) in [6.45, 7) is 20.1. The molecule has 1 fully saturated rings. The van der Waals surface area contributed by atoms with Crippen molar-refractivity contribution in [3.63, 3.8) is 0 Å². The molecule has 1 atom stereocenters. The third-order valence-corrected chi connectivity index (χ3v) is 8.87. The largest absolute Gasteiger partial charge is 0.491 e. The van der Waals surface area contributed by atoms with Crippen LogP contribution in [-0.4, -0.2) is 60.7 Å². The van der Waals surface area contributed by atoms with Crippen LogP contribution < -0.4 is 21.0 Å². The van der Waals surface area contributed by atoms with Crippen molar-refractivity contribution in [3.05, 3.63) is 97.2 Å². The molecular weight excluding hydrogens is 728 g/mol. The Labute approximate surface area is 322 Å². The molecule has 0 saturated carbocycles. The molecule has 0 spiro atoms. The van der Waals surface area contributed by atoms with E-state index in [1.807, 2.05) is 0 Å². The number of amides is 3. The van der Waals surface area contributed by atoms with Crippen LogP contribution >= 0.6 is 0 Å². The molecule has 1 saturated heterocycles. The van der Waals surface area contributed by atoms with E-state index in [1.54, 1.807) is 0 Å². The lowest BCUT2D eigenvalue weighted by atomic mass is 10.1. The highest BCUT2D eigenvalue weighted by Crippen LogP contribution is 2.36. The molecule has 18 heteroatoms. The molecule has 3 N–H and O–H groups in total. The van der Waals surface area contributed by atoms with Gasteiger partial charge in [0.2, 0.25) is 6.04 Å². The zero-order valence-corrected chi connectivity index (χ0v) is 31.2. The van der Waals surface area contributed by atoms with Crippen LogP contribution in [0.15, 0.2) is 47.3 Å². The van der Waals surface area contributed by atoms with Crippen molar-refractivity contribution < 1.29 is 38.7 Å². The molecule has 56 heavy (non-hydrogen) atoms. The first-order chi connectivity index (χ1) is 26.7. The normalized spacial score (nSPS) is 13.6. The molecule has 3 aromatic rings. The van der Waals surface area contributed by atoms with Crippen molar-refractivity contribution in [1.82, 2.24) is 14.6 Å². The molecule has 1 aromatic heterocycles. The van der Waals surface area contributed by atoms with Crippen molar-refractivity contribution in [1.29, 1.82) is 0 Å². The number of nitro groups is 1. The zero-order chi connectivity index (χ0) is 41.0. The number of unbranched alkanes of at least 4 members (excludes halogenated alkanes) is 9. The maximum atomic E-state index is 14.5. The smallest absolute Gasteiger partial charge is 0.418 e. The van der Waals surface area contributed by atoms with E-state index in [4.69, 9.17) is 22.6 Å². The number of nitrogens with one attached hydrogen (secondary N) is 2.